The second kappa shape index (κ2) is 6.73. The number of fused-ring (bicyclic) bond motifs is 1. The third-order valence-corrected chi connectivity index (χ3v) is 4.13. The van der Waals surface area contributed by atoms with E-state index in [4.69, 9.17) is 4.74 Å². The molecule has 0 aliphatic heterocycles. The molecule has 0 bridgehead atoms. The van der Waals surface area contributed by atoms with Crippen molar-refractivity contribution in [3.8, 4) is 11.6 Å². The number of nitrogens with zero attached hydrogens (tertiary/aromatic N) is 1. The van der Waals surface area contributed by atoms with Crippen LogP contribution in [0.2, 0.25) is 0 Å². The molecule has 1 heterocycles. The molecule has 0 saturated carbocycles. The number of hydrogen-bond acceptors (Lipinski definition) is 1. The van der Waals surface area contributed by atoms with Crippen molar-refractivity contribution >= 4 is 10.9 Å². The first-order chi connectivity index (χ1) is 12.3. The largest absolute Gasteiger partial charge is 0.402 e. The Morgan fingerprint density at radius 3 is 2.28 bits per heavy atom. The maximum Gasteiger partial charge on any atom is 0.374 e. The van der Waals surface area contributed by atoms with Crippen molar-refractivity contribution in [2.45, 2.75) is 6.54 Å². The maximum absolute atomic E-state index is 14.0. The van der Waals surface area contributed by atoms with Gasteiger partial charge in [0.2, 0.25) is 5.52 Å². The molecule has 4 aromatic rings. The molecule has 122 valence electrons. The van der Waals surface area contributed by atoms with Crippen LogP contribution in [0.1, 0.15) is 5.56 Å². The molecule has 1 aromatic heterocycles. The first kappa shape index (κ1) is 15.3. The molecule has 3 heteroatoms. The molecule has 25 heavy (non-hydrogen) atoms. The maximum atomic E-state index is 14.0. The number of benzene rings is 3. The van der Waals surface area contributed by atoms with Crippen LogP contribution in [0.3, 0.4) is 0 Å². The Bertz CT molecular complexity index is 1010. The lowest BCUT2D eigenvalue weighted by molar-refractivity contribution is -0.666. The zero-order valence-electron chi connectivity index (χ0n) is 13.6. The second-order valence-corrected chi connectivity index (χ2v) is 5.83. The highest BCUT2D eigenvalue weighted by atomic mass is 19.1. The van der Waals surface area contributed by atoms with Gasteiger partial charge < -0.3 is 4.74 Å². The van der Waals surface area contributed by atoms with Gasteiger partial charge in [-0.05, 0) is 24.3 Å². The van der Waals surface area contributed by atoms with E-state index in [9.17, 15) is 4.39 Å². The minimum Gasteiger partial charge on any atom is -0.402 e. The number of pyridine rings is 1. The molecular formula is C22H17FNO+. The molecule has 4 rings (SSSR count). The summed E-state index contributed by atoms with van der Waals surface area (Å²) in [7, 11) is 0. The Morgan fingerprint density at radius 2 is 1.44 bits per heavy atom. The van der Waals surface area contributed by atoms with Gasteiger partial charge in [-0.25, -0.2) is 4.39 Å². The molecule has 3 aromatic carbocycles. The summed E-state index contributed by atoms with van der Waals surface area (Å²) in [5, 5.41) is 1.11. The van der Waals surface area contributed by atoms with E-state index >= 15 is 0 Å². The highest BCUT2D eigenvalue weighted by molar-refractivity contribution is 5.75. The van der Waals surface area contributed by atoms with Crippen LogP contribution in [0.25, 0.3) is 10.9 Å². The standard InChI is InChI=1S/C22H17FNO/c23-19-11-5-7-13-21(19)25-22-15-14-18-10-4-6-12-20(18)24(22)16-17-8-2-1-3-9-17/h1-15H,16H2/q+1. The van der Waals surface area contributed by atoms with Crippen LogP contribution in [-0.4, -0.2) is 0 Å². The van der Waals surface area contributed by atoms with Gasteiger partial charge in [0.15, 0.2) is 18.1 Å². The smallest absolute Gasteiger partial charge is 0.374 e. The number of aromatic nitrogens is 1. The van der Waals surface area contributed by atoms with Crippen molar-refractivity contribution < 1.29 is 13.7 Å². The fourth-order valence-corrected chi connectivity index (χ4v) is 2.90. The highest BCUT2D eigenvalue weighted by Gasteiger charge is 2.19. The fourth-order valence-electron chi connectivity index (χ4n) is 2.90. The summed E-state index contributed by atoms with van der Waals surface area (Å²) in [6.45, 7) is 0.645. The number of hydrogen-bond donors (Lipinski definition) is 0. The van der Waals surface area contributed by atoms with Crippen molar-refractivity contribution in [2.75, 3.05) is 0 Å². The molecule has 0 saturated heterocycles. The Kier molecular flexibility index (Phi) is 4.13. The van der Waals surface area contributed by atoms with E-state index in [1.54, 1.807) is 18.2 Å². The molecule has 0 radical (unpaired) electrons. The molecule has 0 aliphatic carbocycles. The van der Waals surface area contributed by atoms with E-state index in [0.29, 0.717) is 12.4 Å². The van der Waals surface area contributed by atoms with Gasteiger partial charge >= 0.3 is 5.88 Å². The molecule has 0 fully saturated rings. The van der Waals surface area contributed by atoms with Gasteiger partial charge in [0, 0.05) is 17.0 Å². The lowest BCUT2D eigenvalue weighted by Crippen LogP contribution is -2.36. The van der Waals surface area contributed by atoms with E-state index in [-0.39, 0.29) is 11.6 Å². The van der Waals surface area contributed by atoms with Gasteiger partial charge in [-0.15, -0.1) is 0 Å². The number of rotatable bonds is 4. The summed E-state index contributed by atoms with van der Waals surface area (Å²) < 4.78 is 22.0. The van der Waals surface area contributed by atoms with Crippen molar-refractivity contribution in [3.05, 3.63) is 102 Å². The first-order valence-electron chi connectivity index (χ1n) is 8.19. The third kappa shape index (κ3) is 3.22. The zero-order valence-corrected chi connectivity index (χ0v) is 13.6. The molecule has 0 amide bonds. The average molecular weight is 330 g/mol. The Balaban J connectivity index is 1.83. The van der Waals surface area contributed by atoms with Crippen LogP contribution < -0.4 is 9.30 Å². The summed E-state index contributed by atoms with van der Waals surface area (Å²) >= 11 is 0. The summed E-state index contributed by atoms with van der Waals surface area (Å²) in [4.78, 5) is 0. The van der Waals surface area contributed by atoms with Gasteiger partial charge in [-0.2, -0.15) is 4.57 Å². The first-order valence-corrected chi connectivity index (χ1v) is 8.19. The van der Waals surface area contributed by atoms with Crippen LogP contribution in [-0.2, 0) is 6.54 Å². The molecular weight excluding hydrogens is 313 g/mol. The number of halogens is 1. The molecule has 0 spiro atoms. The Hall–Kier alpha value is -3.20. The Labute approximate surface area is 145 Å². The van der Waals surface area contributed by atoms with Crippen molar-refractivity contribution in [1.82, 2.24) is 0 Å². The summed E-state index contributed by atoms with van der Waals surface area (Å²) in [5.41, 5.74) is 2.20. The van der Waals surface area contributed by atoms with E-state index in [2.05, 4.69) is 22.8 Å². The second-order valence-electron chi connectivity index (χ2n) is 5.83. The monoisotopic (exact) mass is 330 g/mol. The summed E-state index contributed by atoms with van der Waals surface area (Å²) in [6, 6.07) is 28.6. The van der Waals surface area contributed by atoms with Crippen LogP contribution in [0, 0.1) is 5.82 Å². The summed E-state index contributed by atoms with van der Waals surface area (Å²) in [5.74, 6) is 0.453. The minimum atomic E-state index is -0.373. The predicted molar refractivity (Wildman–Crippen MR) is 96.2 cm³/mol. The highest BCUT2D eigenvalue weighted by Crippen LogP contribution is 2.24. The van der Waals surface area contributed by atoms with Gasteiger partial charge in [-0.3, -0.25) is 0 Å². The van der Waals surface area contributed by atoms with E-state index in [1.807, 2.05) is 48.5 Å². The van der Waals surface area contributed by atoms with Gasteiger partial charge in [0.05, 0.1) is 6.07 Å². The predicted octanol–water partition coefficient (Wildman–Crippen LogP) is 5.11. The van der Waals surface area contributed by atoms with E-state index in [1.165, 1.54) is 6.07 Å². The number of para-hydroxylation sites is 2. The molecule has 0 aliphatic rings. The van der Waals surface area contributed by atoms with Crippen LogP contribution in [0.4, 0.5) is 4.39 Å². The fraction of sp³-hybridized carbons (Fsp3) is 0.0455. The normalized spacial score (nSPS) is 10.8. The quantitative estimate of drug-likeness (QED) is 0.474. The van der Waals surface area contributed by atoms with E-state index < -0.39 is 0 Å². The average Bonchev–Trinajstić information content (AvgIpc) is 2.66. The topological polar surface area (TPSA) is 13.1 Å². The van der Waals surface area contributed by atoms with Crippen molar-refractivity contribution in [2.24, 2.45) is 0 Å². The van der Waals surface area contributed by atoms with Crippen LogP contribution in [0.15, 0.2) is 91.0 Å². The van der Waals surface area contributed by atoms with Crippen LogP contribution >= 0.6 is 0 Å². The minimum absolute atomic E-state index is 0.222. The molecule has 0 N–H and O–H groups in total. The molecule has 2 nitrogen and oxygen atoms in total. The SMILES string of the molecule is Fc1ccccc1Oc1ccc2ccccc2[n+]1Cc1ccccc1. The van der Waals surface area contributed by atoms with Crippen molar-refractivity contribution in [1.29, 1.82) is 0 Å². The lowest BCUT2D eigenvalue weighted by Gasteiger charge is -2.09. The van der Waals surface area contributed by atoms with Gasteiger partial charge in [0.1, 0.15) is 0 Å². The summed E-state index contributed by atoms with van der Waals surface area (Å²) in [6.07, 6.45) is 0. The lowest BCUT2D eigenvalue weighted by atomic mass is 10.2. The zero-order chi connectivity index (χ0) is 17.1. The van der Waals surface area contributed by atoms with Crippen molar-refractivity contribution in [3.63, 3.8) is 0 Å². The van der Waals surface area contributed by atoms with E-state index in [0.717, 1.165) is 16.5 Å². The van der Waals surface area contributed by atoms with Gasteiger partial charge in [-0.1, -0.05) is 54.6 Å². The molecule has 0 atom stereocenters. The Morgan fingerprint density at radius 1 is 0.720 bits per heavy atom. The third-order valence-electron chi connectivity index (χ3n) is 4.13. The van der Waals surface area contributed by atoms with Gasteiger partial charge in [0.25, 0.3) is 0 Å². The molecule has 0 unspecified atom stereocenters. The number of ether oxygens (including phenoxy) is 1. The van der Waals surface area contributed by atoms with Crippen LogP contribution in [0.5, 0.6) is 11.6 Å².